The first-order valence-electron chi connectivity index (χ1n) is 8.31. The van der Waals surface area contributed by atoms with E-state index in [-0.39, 0.29) is 12.0 Å². The molecule has 128 valence electrons. The largest absolute Gasteiger partial charge is 0.449 e. The quantitative estimate of drug-likeness (QED) is 0.574. The van der Waals surface area contributed by atoms with E-state index in [1.807, 2.05) is 19.9 Å². The van der Waals surface area contributed by atoms with Crippen LogP contribution in [-0.2, 0) is 4.74 Å². The lowest BCUT2D eigenvalue weighted by Crippen LogP contribution is -2.18. The smallest absolute Gasteiger partial charge is 0.419 e. The second-order valence-electron chi connectivity index (χ2n) is 6.35. The summed E-state index contributed by atoms with van der Waals surface area (Å²) in [6.45, 7) is 10.7. The highest BCUT2D eigenvalue weighted by atomic mass is 16.5. The van der Waals surface area contributed by atoms with Crippen molar-refractivity contribution in [1.29, 1.82) is 0 Å². The van der Waals surface area contributed by atoms with Crippen molar-refractivity contribution in [2.75, 3.05) is 6.61 Å². The van der Waals surface area contributed by atoms with Crippen LogP contribution < -0.4 is 0 Å². The number of rotatable bonds is 5. The minimum absolute atomic E-state index is 0.0187. The van der Waals surface area contributed by atoms with Gasteiger partial charge in [-0.2, -0.15) is 0 Å². The minimum Gasteiger partial charge on any atom is -0.449 e. The second-order valence-corrected chi connectivity index (χ2v) is 6.35. The van der Waals surface area contributed by atoms with Crippen molar-refractivity contribution in [3.05, 3.63) is 64.8 Å². The molecule has 1 aromatic heterocycles. The molecule has 0 saturated carbocycles. The molecule has 0 fully saturated rings. The zero-order valence-electron chi connectivity index (χ0n) is 15.2. The van der Waals surface area contributed by atoms with Crippen LogP contribution in [0.3, 0.4) is 0 Å². The Bertz CT molecular complexity index is 740. The van der Waals surface area contributed by atoms with E-state index in [9.17, 15) is 4.79 Å². The summed E-state index contributed by atoms with van der Waals surface area (Å²) < 4.78 is 6.87. The predicted molar refractivity (Wildman–Crippen MR) is 96.5 cm³/mol. The van der Waals surface area contributed by atoms with Crippen LogP contribution in [0.15, 0.2) is 42.2 Å². The van der Waals surface area contributed by atoms with Gasteiger partial charge in [0.2, 0.25) is 0 Å². The monoisotopic (exact) mass is 326 g/mol. The Balaban J connectivity index is 2.16. The van der Waals surface area contributed by atoms with Gasteiger partial charge in [0, 0.05) is 18.3 Å². The third-order valence-corrected chi connectivity index (χ3v) is 4.26. The number of hydrogen-bond acceptors (Lipinski definition) is 3. The van der Waals surface area contributed by atoms with E-state index in [1.54, 1.807) is 12.4 Å². The molecule has 1 heterocycles. The topological polar surface area (TPSA) is 44.1 Å². The van der Waals surface area contributed by atoms with Crippen LogP contribution in [0, 0.1) is 13.8 Å². The van der Waals surface area contributed by atoms with E-state index in [2.05, 4.69) is 44.0 Å². The van der Waals surface area contributed by atoms with Gasteiger partial charge in [-0.05, 0) is 50.8 Å². The molecule has 0 saturated heterocycles. The van der Waals surface area contributed by atoms with Crippen molar-refractivity contribution >= 4 is 6.09 Å². The minimum atomic E-state index is -0.373. The summed E-state index contributed by atoms with van der Waals surface area (Å²) in [7, 11) is 0. The lowest BCUT2D eigenvalue weighted by Gasteiger charge is -2.17. The first-order chi connectivity index (χ1) is 11.4. The Morgan fingerprint density at radius 3 is 2.79 bits per heavy atom. The van der Waals surface area contributed by atoms with Gasteiger partial charge in [0.15, 0.2) is 0 Å². The zero-order valence-corrected chi connectivity index (χ0v) is 15.2. The summed E-state index contributed by atoms with van der Waals surface area (Å²) in [5.74, 6) is 0.723. The maximum Gasteiger partial charge on any atom is 0.419 e. The number of imidazole rings is 1. The van der Waals surface area contributed by atoms with Gasteiger partial charge in [-0.25, -0.2) is 14.3 Å². The van der Waals surface area contributed by atoms with Gasteiger partial charge in [0.1, 0.15) is 5.82 Å². The van der Waals surface area contributed by atoms with Gasteiger partial charge in [0.05, 0.1) is 6.61 Å². The number of hydrogen-bond donors (Lipinski definition) is 0. The molecule has 0 radical (unpaired) electrons. The molecular formula is C20H26N2O2. The van der Waals surface area contributed by atoms with E-state index in [0.717, 1.165) is 6.42 Å². The Labute approximate surface area is 144 Å². The molecule has 1 aromatic carbocycles. The molecule has 0 unspecified atom stereocenters. The van der Waals surface area contributed by atoms with E-state index in [0.29, 0.717) is 12.4 Å². The van der Waals surface area contributed by atoms with E-state index < -0.39 is 0 Å². The molecule has 4 nitrogen and oxygen atoms in total. The van der Waals surface area contributed by atoms with Gasteiger partial charge in [-0.15, -0.1) is 0 Å². The van der Waals surface area contributed by atoms with Crippen molar-refractivity contribution in [3.8, 4) is 0 Å². The molecule has 0 spiro atoms. The van der Waals surface area contributed by atoms with Crippen LogP contribution >= 0.6 is 0 Å². The molecule has 0 aliphatic rings. The second kappa shape index (κ2) is 7.95. The third-order valence-electron chi connectivity index (χ3n) is 4.26. The predicted octanol–water partition coefficient (Wildman–Crippen LogP) is 4.99. The average Bonchev–Trinajstić information content (AvgIpc) is 3.03. The Morgan fingerprint density at radius 1 is 1.33 bits per heavy atom. The Kier molecular flexibility index (Phi) is 5.96. The molecule has 0 bridgehead atoms. The fraction of sp³-hybridized carbons (Fsp3) is 0.400. The number of ether oxygens (including phenoxy) is 1. The summed E-state index contributed by atoms with van der Waals surface area (Å²) in [5.41, 5.74) is 4.87. The molecule has 2 aromatic rings. The maximum absolute atomic E-state index is 12.3. The van der Waals surface area contributed by atoms with Crippen molar-refractivity contribution in [2.45, 2.75) is 47.0 Å². The van der Waals surface area contributed by atoms with Crippen LogP contribution in [0.1, 0.15) is 55.6 Å². The summed E-state index contributed by atoms with van der Waals surface area (Å²) in [4.78, 5) is 16.7. The standard InChI is InChI=1S/C20H26N2O2/c1-14(2)8-7-13-24-20(23)22-12-11-21-19(22)17(5)18-10-6-9-15(3)16(18)4/h6,8-12,17H,7,13H2,1-5H3/t17-/m0/s1. The molecular weight excluding hydrogens is 300 g/mol. The normalized spacial score (nSPS) is 11.9. The van der Waals surface area contributed by atoms with Gasteiger partial charge < -0.3 is 4.74 Å². The fourth-order valence-corrected chi connectivity index (χ4v) is 2.74. The number of benzene rings is 1. The van der Waals surface area contributed by atoms with E-state index in [1.165, 1.54) is 26.8 Å². The molecule has 0 aliphatic heterocycles. The molecule has 1 atom stereocenters. The molecule has 0 N–H and O–H groups in total. The summed E-state index contributed by atoms with van der Waals surface area (Å²) in [5, 5.41) is 0. The third kappa shape index (κ3) is 4.13. The Hall–Kier alpha value is -2.36. The van der Waals surface area contributed by atoms with Gasteiger partial charge in [-0.1, -0.05) is 36.8 Å². The number of nitrogens with zero attached hydrogens (tertiary/aromatic N) is 2. The van der Waals surface area contributed by atoms with E-state index in [4.69, 9.17) is 4.74 Å². The average molecular weight is 326 g/mol. The van der Waals surface area contributed by atoms with Crippen LogP contribution in [-0.4, -0.2) is 22.3 Å². The lowest BCUT2D eigenvalue weighted by molar-refractivity contribution is 0.148. The number of allylic oxidation sites excluding steroid dienone is 1. The molecule has 24 heavy (non-hydrogen) atoms. The Morgan fingerprint density at radius 2 is 2.08 bits per heavy atom. The molecule has 2 rings (SSSR count). The first kappa shape index (κ1) is 18.0. The number of carbonyl (C=O) groups is 1. The summed E-state index contributed by atoms with van der Waals surface area (Å²) >= 11 is 0. The van der Waals surface area contributed by atoms with E-state index >= 15 is 0 Å². The zero-order chi connectivity index (χ0) is 17.7. The maximum atomic E-state index is 12.3. The highest BCUT2D eigenvalue weighted by molar-refractivity contribution is 5.71. The van der Waals surface area contributed by atoms with Gasteiger partial charge in [-0.3, -0.25) is 0 Å². The highest BCUT2D eigenvalue weighted by Gasteiger charge is 2.20. The van der Waals surface area contributed by atoms with Crippen molar-refractivity contribution in [1.82, 2.24) is 9.55 Å². The van der Waals surface area contributed by atoms with Crippen molar-refractivity contribution in [3.63, 3.8) is 0 Å². The van der Waals surface area contributed by atoms with Crippen LogP contribution in [0.25, 0.3) is 0 Å². The molecule has 0 aliphatic carbocycles. The summed E-state index contributed by atoms with van der Waals surface area (Å²) in [6.07, 6.45) is 5.72. The first-order valence-corrected chi connectivity index (χ1v) is 8.31. The van der Waals surface area contributed by atoms with Gasteiger partial charge in [0.25, 0.3) is 0 Å². The SMILES string of the molecule is CC(C)=CCCOC(=O)n1ccnc1[C@@H](C)c1cccc(C)c1C. The summed E-state index contributed by atoms with van der Waals surface area (Å²) in [6, 6.07) is 6.22. The highest BCUT2D eigenvalue weighted by Crippen LogP contribution is 2.27. The van der Waals surface area contributed by atoms with Gasteiger partial charge >= 0.3 is 6.09 Å². The number of aromatic nitrogens is 2. The number of aryl methyl sites for hydroxylation is 1. The van der Waals surface area contributed by atoms with Crippen LogP contribution in [0.2, 0.25) is 0 Å². The van der Waals surface area contributed by atoms with Crippen LogP contribution in [0.5, 0.6) is 0 Å². The number of carbonyl (C=O) groups excluding carboxylic acids is 1. The van der Waals surface area contributed by atoms with Crippen LogP contribution in [0.4, 0.5) is 4.79 Å². The lowest BCUT2D eigenvalue weighted by atomic mass is 9.93. The fourth-order valence-electron chi connectivity index (χ4n) is 2.74. The molecule has 0 amide bonds. The van der Waals surface area contributed by atoms with Crippen molar-refractivity contribution in [2.24, 2.45) is 0 Å². The molecule has 4 heteroatoms. The van der Waals surface area contributed by atoms with Crippen molar-refractivity contribution < 1.29 is 9.53 Å².